The van der Waals surface area contributed by atoms with Gasteiger partial charge in [-0.05, 0) is 24.6 Å². The predicted octanol–water partition coefficient (Wildman–Crippen LogP) is 2.11. The number of benzene rings is 1. The Balaban J connectivity index is 0.00000529. The summed E-state index contributed by atoms with van der Waals surface area (Å²) in [6.07, 6.45) is -4.22. The summed E-state index contributed by atoms with van der Waals surface area (Å²) in [7, 11) is 0. The van der Waals surface area contributed by atoms with E-state index in [-0.39, 0.29) is 37.2 Å². The Morgan fingerprint density at radius 1 is 1.42 bits per heavy atom. The van der Waals surface area contributed by atoms with Crippen LogP contribution in [0.1, 0.15) is 25.3 Å². The molecule has 0 aromatic heterocycles. The number of rotatable bonds is 8. The van der Waals surface area contributed by atoms with Crippen molar-refractivity contribution in [1.82, 2.24) is 5.32 Å². The lowest BCUT2D eigenvalue weighted by Gasteiger charge is -2.16. The van der Waals surface area contributed by atoms with Gasteiger partial charge in [0.25, 0.3) is 0 Å². The van der Waals surface area contributed by atoms with Gasteiger partial charge in [0.1, 0.15) is 18.5 Å². The minimum absolute atomic E-state index is 0. The third-order valence-corrected chi connectivity index (χ3v) is 3.05. The van der Waals surface area contributed by atoms with Crippen LogP contribution in [0.3, 0.4) is 0 Å². The molecule has 0 aliphatic rings. The van der Waals surface area contributed by atoms with E-state index in [0.717, 1.165) is 18.6 Å². The number of ether oxygens (including phenoxy) is 1. The molecule has 0 saturated carbocycles. The van der Waals surface area contributed by atoms with Gasteiger partial charge in [-0.2, -0.15) is 13.2 Å². The van der Waals surface area contributed by atoms with E-state index >= 15 is 0 Å². The average molecular weight is 371 g/mol. The molecule has 0 fully saturated rings. The van der Waals surface area contributed by atoms with Crippen LogP contribution < -0.4 is 15.8 Å². The number of aliphatic hydroxyl groups excluding tert-OH is 1. The molecule has 2 unspecified atom stereocenters. The summed E-state index contributed by atoms with van der Waals surface area (Å²) in [4.78, 5) is 11.6. The quantitative estimate of drug-likeness (QED) is 0.654. The van der Waals surface area contributed by atoms with Crippen LogP contribution in [-0.4, -0.2) is 36.3 Å². The Bertz CT molecular complexity index is 515. The maximum atomic E-state index is 12.6. The predicted molar refractivity (Wildman–Crippen MR) is 86.1 cm³/mol. The van der Waals surface area contributed by atoms with Crippen molar-refractivity contribution < 1.29 is 27.8 Å². The third kappa shape index (κ3) is 7.85. The number of hydrogen-bond donors (Lipinski definition) is 3. The minimum atomic E-state index is -4.46. The van der Waals surface area contributed by atoms with Crippen molar-refractivity contribution in [1.29, 1.82) is 0 Å². The summed E-state index contributed by atoms with van der Waals surface area (Å²) in [5, 5.41) is 12.2. The number of halogens is 4. The third-order valence-electron chi connectivity index (χ3n) is 3.05. The summed E-state index contributed by atoms with van der Waals surface area (Å²) < 4.78 is 42.8. The SMILES string of the molecule is CCCC(N)C(=O)NCC(O)COc1cccc(C(F)(F)F)c1.Cl. The highest BCUT2D eigenvalue weighted by atomic mass is 35.5. The molecule has 0 heterocycles. The van der Waals surface area contributed by atoms with Gasteiger partial charge in [-0.15, -0.1) is 12.4 Å². The number of aliphatic hydroxyl groups is 1. The number of nitrogens with two attached hydrogens (primary N) is 1. The lowest BCUT2D eigenvalue weighted by Crippen LogP contribution is -2.44. The van der Waals surface area contributed by atoms with E-state index in [9.17, 15) is 23.1 Å². The standard InChI is InChI=1S/C15H21F3N2O3.ClH/c1-2-4-13(19)14(22)20-8-11(21)9-23-12-6-3-5-10(7-12)15(16,17)18;/h3,5-7,11,13,21H,2,4,8-9,19H2,1H3,(H,20,22);1H. The molecule has 0 radical (unpaired) electrons. The first-order valence-corrected chi connectivity index (χ1v) is 7.25. The molecule has 0 aliphatic heterocycles. The fraction of sp³-hybridized carbons (Fsp3) is 0.533. The van der Waals surface area contributed by atoms with Crippen molar-refractivity contribution in [3.63, 3.8) is 0 Å². The molecule has 9 heteroatoms. The Morgan fingerprint density at radius 2 is 2.08 bits per heavy atom. The summed E-state index contributed by atoms with van der Waals surface area (Å²) in [5.41, 5.74) is 4.77. The molecule has 5 nitrogen and oxygen atoms in total. The number of carbonyl (C=O) groups excluding carboxylic acids is 1. The average Bonchev–Trinajstić information content (AvgIpc) is 2.50. The van der Waals surface area contributed by atoms with Crippen molar-refractivity contribution in [2.24, 2.45) is 5.73 Å². The van der Waals surface area contributed by atoms with Gasteiger partial charge in [0.15, 0.2) is 0 Å². The molecule has 0 spiro atoms. The van der Waals surface area contributed by atoms with E-state index in [4.69, 9.17) is 10.5 Å². The van der Waals surface area contributed by atoms with E-state index < -0.39 is 23.9 Å². The topological polar surface area (TPSA) is 84.6 Å². The highest BCUT2D eigenvalue weighted by Gasteiger charge is 2.30. The van der Waals surface area contributed by atoms with Gasteiger partial charge in [0.05, 0.1) is 11.6 Å². The highest BCUT2D eigenvalue weighted by Crippen LogP contribution is 2.31. The lowest BCUT2D eigenvalue weighted by molar-refractivity contribution is -0.137. The van der Waals surface area contributed by atoms with Crippen LogP contribution in [-0.2, 0) is 11.0 Å². The van der Waals surface area contributed by atoms with Crippen molar-refractivity contribution in [2.45, 2.75) is 38.1 Å². The van der Waals surface area contributed by atoms with Crippen LogP contribution in [0.5, 0.6) is 5.75 Å². The zero-order valence-electron chi connectivity index (χ0n) is 13.2. The Hall–Kier alpha value is -1.51. The van der Waals surface area contributed by atoms with E-state index in [1.165, 1.54) is 12.1 Å². The number of carbonyl (C=O) groups is 1. The maximum absolute atomic E-state index is 12.6. The number of amides is 1. The molecule has 1 rings (SSSR count). The van der Waals surface area contributed by atoms with Crippen LogP contribution in [0.2, 0.25) is 0 Å². The molecule has 0 bridgehead atoms. The minimum Gasteiger partial charge on any atom is -0.491 e. The molecule has 2 atom stereocenters. The van der Waals surface area contributed by atoms with Crippen LogP contribution in [0.15, 0.2) is 24.3 Å². The van der Waals surface area contributed by atoms with Gasteiger partial charge < -0.3 is 20.9 Å². The van der Waals surface area contributed by atoms with Gasteiger partial charge in [0, 0.05) is 6.54 Å². The van der Waals surface area contributed by atoms with E-state index in [2.05, 4.69) is 5.32 Å². The number of alkyl halides is 3. The molecule has 1 aromatic carbocycles. The summed E-state index contributed by atoms with van der Waals surface area (Å²) in [6, 6.07) is 3.71. The Labute approximate surface area is 144 Å². The molecule has 138 valence electrons. The summed E-state index contributed by atoms with van der Waals surface area (Å²) in [5.74, 6) is -0.391. The second-order valence-corrected chi connectivity index (χ2v) is 5.13. The van der Waals surface area contributed by atoms with Crippen molar-refractivity contribution in [3.05, 3.63) is 29.8 Å². The second-order valence-electron chi connectivity index (χ2n) is 5.13. The first-order chi connectivity index (χ1) is 10.7. The fourth-order valence-corrected chi connectivity index (χ4v) is 1.81. The Morgan fingerprint density at radius 3 is 2.67 bits per heavy atom. The first-order valence-electron chi connectivity index (χ1n) is 7.25. The van der Waals surface area contributed by atoms with E-state index in [1.54, 1.807) is 0 Å². The monoisotopic (exact) mass is 370 g/mol. The maximum Gasteiger partial charge on any atom is 0.416 e. The second kappa shape index (κ2) is 10.4. The lowest BCUT2D eigenvalue weighted by atomic mass is 10.1. The van der Waals surface area contributed by atoms with E-state index in [1.807, 2.05) is 6.92 Å². The smallest absolute Gasteiger partial charge is 0.416 e. The number of hydrogen-bond acceptors (Lipinski definition) is 4. The molecule has 24 heavy (non-hydrogen) atoms. The zero-order valence-corrected chi connectivity index (χ0v) is 14.0. The molecule has 1 aromatic rings. The van der Waals surface area contributed by atoms with Crippen LogP contribution in [0.25, 0.3) is 0 Å². The van der Waals surface area contributed by atoms with E-state index in [0.29, 0.717) is 6.42 Å². The van der Waals surface area contributed by atoms with Crippen LogP contribution in [0, 0.1) is 0 Å². The molecular weight excluding hydrogens is 349 g/mol. The van der Waals surface area contributed by atoms with Crippen molar-refractivity contribution >= 4 is 18.3 Å². The number of nitrogens with one attached hydrogen (secondary N) is 1. The zero-order chi connectivity index (χ0) is 17.5. The largest absolute Gasteiger partial charge is 0.491 e. The van der Waals surface area contributed by atoms with Crippen LogP contribution >= 0.6 is 12.4 Å². The van der Waals surface area contributed by atoms with Gasteiger partial charge in [-0.25, -0.2) is 0 Å². The summed E-state index contributed by atoms with van der Waals surface area (Å²) >= 11 is 0. The summed E-state index contributed by atoms with van der Waals surface area (Å²) in [6.45, 7) is 1.56. The van der Waals surface area contributed by atoms with Crippen molar-refractivity contribution in [2.75, 3.05) is 13.2 Å². The molecule has 0 saturated heterocycles. The Kier molecular flexibility index (Phi) is 9.72. The normalized spacial score (nSPS) is 13.6. The molecule has 1 amide bonds. The fourth-order valence-electron chi connectivity index (χ4n) is 1.81. The van der Waals surface area contributed by atoms with Gasteiger partial charge in [-0.3, -0.25) is 4.79 Å². The van der Waals surface area contributed by atoms with Gasteiger partial charge in [0.2, 0.25) is 5.91 Å². The van der Waals surface area contributed by atoms with Crippen LogP contribution in [0.4, 0.5) is 13.2 Å². The van der Waals surface area contributed by atoms with Gasteiger partial charge in [-0.1, -0.05) is 19.4 Å². The van der Waals surface area contributed by atoms with Gasteiger partial charge >= 0.3 is 6.18 Å². The molecule has 4 N–H and O–H groups in total. The first kappa shape index (κ1) is 22.5. The molecular formula is C15H22ClF3N2O3. The highest BCUT2D eigenvalue weighted by molar-refractivity contribution is 5.85. The van der Waals surface area contributed by atoms with Crippen molar-refractivity contribution in [3.8, 4) is 5.75 Å². The molecule has 0 aliphatic carbocycles.